The van der Waals surface area contributed by atoms with Crippen molar-refractivity contribution in [3.8, 4) is 11.5 Å². The van der Waals surface area contributed by atoms with E-state index in [0.29, 0.717) is 33.8 Å². The molecule has 0 aliphatic rings. The van der Waals surface area contributed by atoms with Crippen LogP contribution in [0.5, 0.6) is 11.5 Å². The molecule has 0 atom stereocenters. The van der Waals surface area contributed by atoms with Gasteiger partial charge in [0.15, 0.2) is 18.1 Å². The Labute approximate surface area is 194 Å². The third-order valence-electron chi connectivity index (χ3n) is 3.73. The van der Waals surface area contributed by atoms with Gasteiger partial charge in [0.05, 0.1) is 17.3 Å². The minimum Gasteiger partial charge on any atom is -0.490 e. The molecule has 3 amide bonds. The summed E-state index contributed by atoms with van der Waals surface area (Å²) in [5, 5.41) is 8.85. The summed E-state index contributed by atoms with van der Waals surface area (Å²) < 4.78 is 11.8. The molecule has 9 nitrogen and oxygen atoms in total. The van der Waals surface area contributed by atoms with Crippen molar-refractivity contribution < 1.29 is 23.9 Å². The minimum absolute atomic E-state index is 0.172. The lowest BCUT2D eigenvalue weighted by Crippen LogP contribution is -2.37. The van der Waals surface area contributed by atoms with E-state index in [1.165, 1.54) is 12.3 Å². The lowest BCUT2D eigenvalue weighted by atomic mass is 10.2. The van der Waals surface area contributed by atoms with Crippen LogP contribution in [-0.2, 0) is 14.4 Å². The molecule has 0 spiro atoms. The van der Waals surface area contributed by atoms with Crippen molar-refractivity contribution in [2.24, 2.45) is 5.10 Å². The maximum Gasteiger partial charge on any atom is 0.329 e. The molecule has 2 rings (SSSR count). The first kappa shape index (κ1) is 24.6. The molecule has 0 aromatic heterocycles. The number of benzene rings is 2. The summed E-state index contributed by atoms with van der Waals surface area (Å²) in [5.74, 6) is -1.33. The van der Waals surface area contributed by atoms with Gasteiger partial charge in [-0.15, -0.1) is 6.58 Å². The fourth-order valence-corrected chi connectivity index (χ4v) is 2.96. The van der Waals surface area contributed by atoms with Gasteiger partial charge in [-0.3, -0.25) is 14.4 Å². The summed E-state index contributed by atoms with van der Waals surface area (Å²) in [6, 6.07) is 12.3. The highest BCUT2D eigenvalue weighted by molar-refractivity contribution is 9.10. The molecule has 2 aromatic carbocycles. The summed E-state index contributed by atoms with van der Waals surface area (Å²) in [4.78, 5) is 35.3. The number of halogens is 1. The standard InChI is InChI=1S/C22H23BrN4O5/c1-3-10-24-21(29)22(30)27-25-13-15-11-17(23)20(18(12-15)31-4-2)32-14-19(28)26-16-8-6-5-7-9-16/h3,5-9,11-13H,1,4,10,14H2,2H3,(H,24,29)(H,26,28)(H,27,30)/b25-13-. The number of anilines is 1. The molecule has 0 aliphatic carbocycles. The Morgan fingerprint density at radius 3 is 2.56 bits per heavy atom. The molecule has 3 N–H and O–H groups in total. The molecule has 10 heteroatoms. The second-order valence-corrected chi connectivity index (χ2v) is 7.02. The summed E-state index contributed by atoms with van der Waals surface area (Å²) in [7, 11) is 0. The Bertz CT molecular complexity index is 995. The van der Waals surface area contributed by atoms with E-state index in [9.17, 15) is 14.4 Å². The third kappa shape index (κ3) is 7.88. The van der Waals surface area contributed by atoms with E-state index < -0.39 is 11.8 Å². The molecular formula is C22H23BrN4O5. The van der Waals surface area contributed by atoms with Crippen molar-refractivity contribution in [2.45, 2.75) is 6.92 Å². The Kier molecular flexibility index (Phi) is 9.92. The number of ether oxygens (including phenoxy) is 2. The van der Waals surface area contributed by atoms with Gasteiger partial charge < -0.3 is 20.1 Å². The van der Waals surface area contributed by atoms with Crippen molar-refractivity contribution in [1.82, 2.24) is 10.7 Å². The number of para-hydroxylation sites is 1. The molecule has 0 radical (unpaired) electrons. The van der Waals surface area contributed by atoms with Gasteiger partial charge in [0.2, 0.25) is 0 Å². The van der Waals surface area contributed by atoms with E-state index >= 15 is 0 Å². The Hall–Kier alpha value is -3.66. The minimum atomic E-state index is -0.906. The highest BCUT2D eigenvalue weighted by Crippen LogP contribution is 2.36. The number of nitrogens with zero attached hydrogens (tertiary/aromatic N) is 1. The van der Waals surface area contributed by atoms with Gasteiger partial charge in [-0.25, -0.2) is 5.43 Å². The molecule has 0 saturated carbocycles. The number of carbonyl (C=O) groups excluding carboxylic acids is 3. The molecule has 2 aromatic rings. The van der Waals surface area contributed by atoms with Crippen LogP contribution in [0.3, 0.4) is 0 Å². The van der Waals surface area contributed by atoms with Gasteiger partial charge >= 0.3 is 11.8 Å². The highest BCUT2D eigenvalue weighted by Gasteiger charge is 2.14. The van der Waals surface area contributed by atoms with Gasteiger partial charge in [0.1, 0.15) is 0 Å². The smallest absolute Gasteiger partial charge is 0.329 e. The summed E-state index contributed by atoms with van der Waals surface area (Å²) in [6.07, 6.45) is 2.80. The van der Waals surface area contributed by atoms with Crippen LogP contribution in [0.1, 0.15) is 12.5 Å². The quantitative estimate of drug-likeness (QED) is 0.200. The highest BCUT2D eigenvalue weighted by atomic mass is 79.9. The van der Waals surface area contributed by atoms with Crippen LogP contribution in [0.2, 0.25) is 0 Å². The monoisotopic (exact) mass is 502 g/mol. The summed E-state index contributed by atoms with van der Waals surface area (Å²) >= 11 is 3.40. The first-order valence-electron chi connectivity index (χ1n) is 9.60. The van der Waals surface area contributed by atoms with Gasteiger partial charge in [0, 0.05) is 12.2 Å². The largest absolute Gasteiger partial charge is 0.490 e. The topological polar surface area (TPSA) is 118 Å². The number of hydrogen-bond acceptors (Lipinski definition) is 6. The lowest BCUT2D eigenvalue weighted by Gasteiger charge is -2.14. The zero-order valence-corrected chi connectivity index (χ0v) is 19.0. The molecule has 32 heavy (non-hydrogen) atoms. The molecular weight excluding hydrogens is 480 g/mol. The SMILES string of the molecule is C=CCNC(=O)C(=O)N/N=C\c1cc(Br)c(OCC(=O)Nc2ccccc2)c(OCC)c1. The average Bonchev–Trinajstić information content (AvgIpc) is 2.77. The summed E-state index contributed by atoms with van der Waals surface area (Å²) in [5.41, 5.74) is 3.36. The van der Waals surface area contributed by atoms with Gasteiger partial charge in [-0.05, 0) is 52.7 Å². The van der Waals surface area contributed by atoms with Crippen LogP contribution in [0.15, 0.2) is 64.7 Å². The van der Waals surface area contributed by atoms with Crippen LogP contribution in [0, 0.1) is 0 Å². The number of nitrogens with one attached hydrogen (secondary N) is 3. The fourth-order valence-electron chi connectivity index (χ4n) is 2.38. The number of carbonyl (C=O) groups is 3. The number of rotatable bonds is 10. The Balaban J connectivity index is 2.03. The van der Waals surface area contributed by atoms with E-state index in [4.69, 9.17) is 9.47 Å². The zero-order chi connectivity index (χ0) is 23.3. The molecule has 0 fully saturated rings. The number of hydrazone groups is 1. The second-order valence-electron chi connectivity index (χ2n) is 6.16. The van der Waals surface area contributed by atoms with Gasteiger partial charge in [0.25, 0.3) is 5.91 Å². The Morgan fingerprint density at radius 1 is 1.12 bits per heavy atom. The normalized spacial score (nSPS) is 10.3. The summed E-state index contributed by atoms with van der Waals surface area (Å²) in [6.45, 7) is 5.56. The zero-order valence-electron chi connectivity index (χ0n) is 17.4. The number of hydrogen-bond donors (Lipinski definition) is 3. The van der Waals surface area contributed by atoms with E-state index in [2.05, 4.69) is 43.7 Å². The van der Waals surface area contributed by atoms with E-state index in [1.807, 2.05) is 25.1 Å². The molecule has 0 saturated heterocycles. The van der Waals surface area contributed by atoms with Crippen LogP contribution in [-0.4, -0.2) is 43.7 Å². The Morgan fingerprint density at radius 2 is 1.88 bits per heavy atom. The predicted molar refractivity (Wildman–Crippen MR) is 125 cm³/mol. The van der Waals surface area contributed by atoms with Crippen molar-refractivity contribution in [3.63, 3.8) is 0 Å². The predicted octanol–water partition coefficient (Wildman–Crippen LogP) is 2.62. The van der Waals surface area contributed by atoms with E-state index in [-0.39, 0.29) is 19.1 Å². The first-order chi connectivity index (χ1) is 15.4. The van der Waals surface area contributed by atoms with E-state index in [1.54, 1.807) is 24.3 Å². The molecule has 0 heterocycles. The fraction of sp³-hybridized carbons (Fsp3) is 0.182. The van der Waals surface area contributed by atoms with Crippen LogP contribution in [0.4, 0.5) is 5.69 Å². The molecule has 0 bridgehead atoms. The maximum absolute atomic E-state index is 12.2. The average molecular weight is 503 g/mol. The van der Waals surface area contributed by atoms with Crippen molar-refractivity contribution in [3.05, 3.63) is 65.2 Å². The lowest BCUT2D eigenvalue weighted by molar-refractivity contribution is -0.139. The number of amides is 3. The van der Waals surface area contributed by atoms with Crippen LogP contribution >= 0.6 is 15.9 Å². The van der Waals surface area contributed by atoms with E-state index in [0.717, 1.165) is 0 Å². The van der Waals surface area contributed by atoms with Crippen molar-refractivity contribution >= 4 is 45.6 Å². The second kappa shape index (κ2) is 12.9. The van der Waals surface area contributed by atoms with Crippen molar-refractivity contribution in [1.29, 1.82) is 0 Å². The van der Waals surface area contributed by atoms with Crippen LogP contribution < -0.4 is 25.5 Å². The molecule has 168 valence electrons. The van der Waals surface area contributed by atoms with Gasteiger partial charge in [-0.2, -0.15) is 5.10 Å². The maximum atomic E-state index is 12.2. The first-order valence-corrected chi connectivity index (χ1v) is 10.4. The third-order valence-corrected chi connectivity index (χ3v) is 4.32. The van der Waals surface area contributed by atoms with Crippen LogP contribution in [0.25, 0.3) is 0 Å². The van der Waals surface area contributed by atoms with Gasteiger partial charge in [-0.1, -0.05) is 24.3 Å². The molecule has 0 aliphatic heterocycles. The molecule has 0 unspecified atom stereocenters. The van der Waals surface area contributed by atoms with Crippen molar-refractivity contribution in [2.75, 3.05) is 25.1 Å².